The molecule has 17 heavy (non-hydrogen) atoms. The molecule has 2 heterocycles. The number of hydrogen-bond donors (Lipinski definition) is 0. The molecular formula is C13H24N2O2. The molecule has 2 rings (SSSR count). The first-order chi connectivity index (χ1) is 8.18. The predicted molar refractivity (Wildman–Crippen MR) is 67.0 cm³/mol. The Kier molecular flexibility index (Phi) is 4.26. The zero-order valence-corrected chi connectivity index (χ0v) is 11.0. The second kappa shape index (κ2) is 5.71. The number of morpholine rings is 1. The predicted octanol–water partition coefficient (Wildman–Crippen LogP) is 2.09. The molecule has 2 aliphatic heterocycles. The average Bonchev–Trinajstić information content (AvgIpc) is 2.60. The lowest BCUT2D eigenvalue weighted by molar-refractivity contribution is -0.0371. The van der Waals surface area contributed by atoms with Crippen molar-refractivity contribution in [2.75, 3.05) is 26.2 Å². The van der Waals surface area contributed by atoms with Crippen LogP contribution in [0.3, 0.4) is 0 Å². The van der Waals surface area contributed by atoms with Crippen LogP contribution in [0.4, 0.5) is 4.79 Å². The Balaban J connectivity index is 1.96. The second-order valence-corrected chi connectivity index (χ2v) is 5.33. The number of hydrogen-bond acceptors (Lipinski definition) is 2. The zero-order chi connectivity index (χ0) is 12.3. The molecule has 0 aromatic rings. The molecule has 2 saturated heterocycles. The van der Waals surface area contributed by atoms with E-state index < -0.39 is 0 Å². The lowest BCUT2D eigenvalue weighted by Crippen LogP contribution is -2.54. The minimum Gasteiger partial charge on any atom is -0.375 e. The summed E-state index contributed by atoms with van der Waals surface area (Å²) in [5.74, 6) is 0. The van der Waals surface area contributed by atoms with Crippen LogP contribution in [0.25, 0.3) is 0 Å². The summed E-state index contributed by atoms with van der Waals surface area (Å²) in [6.07, 6.45) is 5.00. The highest BCUT2D eigenvalue weighted by molar-refractivity contribution is 5.75. The number of ether oxygens (including phenoxy) is 1. The largest absolute Gasteiger partial charge is 0.375 e. The number of urea groups is 1. The summed E-state index contributed by atoms with van der Waals surface area (Å²) in [6.45, 7) is 7.36. The first-order valence-corrected chi connectivity index (χ1v) is 6.85. The number of amides is 2. The molecule has 2 aliphatic rings. The molecule has 0 saturated carbocycles. The van der Waals surface area contributed by atoms with Gasteiger partial charge in [-0.3, -0.25) is 0 Å². The molecule has 4 nitrogen and oxygen atoms in total. The monoisotopic (exact) mass is 240 g/mol. The van der Waals surface area contributed by atoms with E-state index >= 15 is 0 Å². The Labute approximate surface area is 104 Å². The van der Waals surface area contributed by atoms with Gasteiger partial charge in [0.2, 0.25) is 0 Å². The second-order valence-electron chi connectivity index (χ2n) is 5.33. The molecule has 0 radical (unpaired) electrons. The highest BCUT2D eigenvalue weighted by atomic mass is 16.5. The van der Waals surface area contributed by atoms with Crippen LogP contribution in [0.2, 0.25) is 0 Å². The van der Waals surface area contributed by atoms with E-state index in [1.165, 1.54) is 12.8 Å². The van der Waals surface area contributed by atoms with Gasteiger partial charge in [-0.05, 0) is 26.7 Å². The van der Waals surface area contributed by atoms with E-state index in [4.69, 9.17) is 4.74 Å². The maximum atomic E-state index is 12.5. The maximum absolute atomic E-state index is 12.5. The molecule has 0 N–H and O–H groups in total. The summed E-state index contributed by atoms with van der Waals surface area (Å²) >= 11 is 0. The fourth-order valence-electron chi connectivity index (χ4n) is 2.61. The average molecular weight is 240 g/mol. The molecule has 4 heteroatoms. The van der Waals surface area contributed by atoms with Crippen molar-refractivity contribution in [2.45, 2.75) is 51.7 Å². The van der Waals surface area contributed by atoms with Crippen LogP contribution in [0.5, 0.6) is 0 Å². The minimum absolute atomic E-state index is 0.169. The van der Waals surface area contributed by atoms with Gasteiger partial charge in [0.15, 0.2) is 0 Å². The van der Waals surface area contributed by atoms with E-state index in [1.807, 2.05) is 16.7 Å². The van der Waals surface area contributed by atoms with Gasteiger partial charge in [0.25, 0.3) is 0 Å². The van der Waals surface area contributed by atoms with Crippen molar-refractivity contribution in [1.29, 1.82) is 0 Å². The molecule has 0 aromatic carbocycles. The summed E-state index contributed by atoms with van der Waals surface area (Å²) in [6, 6.07) is 0.427. The standard InChI is InChI=1S/C13H24N2O2/c1-11-10-17-12(2)9-15(11)13(16)14-7-5-3-4-6-8-14/h11-12H,3-10H2,1-2H3. The summed E-state index contributed by atoms with van der Waals surface area (Å²) < 4.78 is 5.57. The fraction of sp³-hybridized carbons (Fsp3) is 0.923. The van der Waals surface area contributed by atoms with Crippen LogP contribution < -0.4 is 0 Å². The van der Waals surface area contributed by atoms with Gasteiger partial charge < -0.3 is 14.5 Å². The Bertz CT molecular complexity index is 262. The van der Waals surface area contributed by atoms with Gasteiger partial charge in [0.05, 0.1) is 18.8 Å². The zero-order valence-electron chi connectivity index (χ0n) is 11.0. The molecular weight excluding hydrogens is 216 g/mol. The summed E-state index contributed by atoms with van der Waals surface area (Å²) in [5.41, 5.74) is 0. The van der Waals surface area contributed by atoms with Gasteiger partial charge in [-0.2, -0.15) is 0 Å². The molecule has 0 aliphatic carbocycles. The maximum Gasteiger partial charge on any atom is 0.320 e. The molecule has 0 spiro atoms. The lowest BCUT2D eigenvalue weighted by atomic mass is 10.2. The highest BCUT2D eigenvalue weighted by Gasteiger charge is 2.30. The number of rotatable bonds is 0. The fourth-order valence-corrected chi connectivity index (χ4v) is 2.61. The van der Waals surface area contributed by atoms with Crippen molar-refractivity contribution in [3.05, 3.63) is 0 Å². The quantitative estimate of drug-likeness (QED) is 0.649. The SMILES string of the molecule is CC1CN(C(=O)N2CCCCCC2)C(C)CO1. The third kappa shape index (κ3) is 3.12. The van der Waals surface area contributed by atoms with Gasteiger partial charge in [-0.1, -0.05) is 12.8 Å². The van der Waals surface area contributed by atoms with Gasteiger partial charge in [-0.25, -0.2) is 4.79 Å². The number of nitrogens with zero attached hydrogens (tertiary/aromatic N) is 2. The topological polar surface area (TPSA) is 32.8 Å². The van der Waals surface area contributed by atoms with Crippen LogP contribution in [-0.4, -0.2) is 54.2 Å². The minimum atomic E-state index is 0.169. The molecule has 0 bridgehead atoms. The summed E-state index contributed by atoms with van der Waals surface area (Å²) in [5, 5.41) is 0. The van der Waals surface area contributed by atoms with Gasteiger partial charge in [-0.15, -0.1) is 0 Å². The Morgan fingerprint density at radius 3 is 2.41 bits per heavy atom. The molecule has 98 valence electrons. The van der Waals surface area contributed by atoms with Crippen LogP contribution in [0.15, 0.2) is 0 Å². The molecule has 2 fully saturated rings. The van der Waals surface area contributed by atoms with E-state index in [0.717, 1.165) is 32.5 Å². The van der Waals surface area contributed by atoms with Gasteiger partial charge >= 0.3 is 6.03 Å². The normalized spacial score (nSPS) is 31.2. The smallest absolute Gasteiger partial charge is 0.320 e. The third-order valence-corrected chi connectivity index (χ3v) is 3.73. The molecule has 2 unspecified atom stereocenters. The first kappa shape index (κ1) is 12.7. The lowest BCUT2D eigenvalue weighted by Gasteiger charge is -2.39. The van der Waals surface area contributed by atoms with E-state index in [1.54, 1.807) is 0 Å². The van der Waals surface area contributed by atoms with Gasteiger partial charge in [0, 0.05) is 19.6 Å². The molecule has 0 aromatic heterocycles. The number of carbonyl (C=O) groups is 1. The van der Waals surface area contributed by atoms with Crippen molar-refractivity contribution in [1.82, 2.24) is 9.80 Å². The van der Waals surface area contributed by atoms with Crippen molar-refractivity contribution in [2.24, 2.45) is 0 Å². The highest BCUT2D eigenvalue weighted by Crippen LogP contribution is 2.17. The Hall–Kier alpha value is -0.770. The first-order valence-electron chi connectivity index (χ1n) is 6.85. The summed E-state index contributed by atoms with van der Waals surface area (Å²) in [4.78, 5) is 16.5. The van der Waals surface area contributed by atoms with Crippen molar-refractivity contribution < 1.29 is 9.53 Å². The van der Waals surface area contributed by atoms with Crippen LogP contribution in [0.1, 0.15) is 39.5 Å². The van der Waals surface area contributed by atoms with Crippen LogP contribution in [0, 0.1) is 0 Å². The van der Waals surface area contributed by atoms with Crippen molar-refractivity contribution >= 4 is 6.03 Å². The van der Waals surface area contributed by atoms with Crippen molar-refractivity contribution in [3.8, 4) is 0 Å². The molecule has 2 atom stereocenters. The number of carbonyl (C=O) groups excluding carboxylic acids is 1. The van der Waals surface area contributed by atoms with E-state index in [9.17, 15) is 4.79 Å². The van der Waals surface area contributed by atoms with Crippen molar-refractivity contribution in [3.63, 3.8) is 0 Å². The molecule has 2 amide bonds. The van der Waals surface area contributed by atoms with E-state index in [-0.39, 0.29) is 18.2 Å². The van der Waals surface area contributed by atoms with E-state index in [2.05, 4.69) is 6.92 Å². The Morgan fingerprint density at radius 1 is 1.12 bits per heavy atom. The summed E-state index contributed by atoms with van der Waals surface area (Å²) in [7, 11) is 0. The van der Waals surface area contributed by atoms with Gasteiger partial charge in [0.1, 0.15) is 0 Å². The van der Waals surface area contributed by atoms with Crippen LogP contribution in [-0.2, 0) is 4.74 Å². The van der Waals surface area contributed by atoms with Crippen LogP contribution >= 0.6 is 0 Å². The number of likely N-dealkylation sites (tertiary alicyclic amines) is 1. The Morgan fingerprint density at radius 2 is 1.76 bits per heavy atom. The van der Waals surface area contributed by atoms with E-state index in [0.29, 0.717) is 6.61 Å². The third-order valence-electron chi connectivity index (χ3n) is 3.73.